The van der Waals surface area contributed by atoms with Crippen LogP contribution in [0.3, 0.4) is 0 Å². The second-order valence-electron chi connectivity index (χ2n) is 5.35. The van der Waals surface area contributed by atoms with Gasteiger partial charge in [-0.2, -0.15) is 0 Å². The van der Waals surface area contributed by atoms with Crippen LogP contribution in [0.4, 0.5) is 4.79 Å². The van der Waals surface area contributed by atoms with Crippen LogP contribution >= 0.6 is 22.9 Å². The van der Waals surface area contributed by atoms with Crippen LogP contribution in [-0.4, -0.2) is 41.3 Å². The van der Waals surface area contributed by atoms with Crippen molar-refractivity contribution in [2.45, 2.75) is 32.4 Å². The van der Waals surface area contributed by atoms with E-state index in [1.165, 1.54) is 6.07 Å². The third-order valence-corrected chi connectivity index (χ3v) is 3.48. The Morgan fingerprint density at radius 2 is 2.00 bits per heavy atom. The molecule has 2 amide bonds. The Morgan fingerprint density at radius 1 is 1.36 bits per heavy atom. The molecule has 3 N–H and O–H groups in total. The van der Waals surface area contributed by atoms with Gasteiger partial charge in [-0.25, -0.2) is 9.59 Å². The van der Waals surface area contributed by atoms with Gasteiger partial charge in [-0.3, -0.25) is 4.79 Å². The first kappa shape index (κ1) is 18.2. The first-order chi connectivity index (χ1) is 10.1. The van der Waals surface area contributed by atoms with Gasteiger partial charge in [0.1, 0.15) is 11.6 Å². The van der Waals surface area contributed by atoms with Crippen molar-refractivity contribution in [1.29, 1.82) is 0 Å². The van der Waals surface area contributed by atoms with Crippen LogP contribution in [0, 0.1) is 0 Å². The molecule has 1 rings (SSSR count). The minimum Gasteiger partial charge on any atom is -0.480 e. The number of rotatable bonds is 5. The largest absolute Gasteiger partial charge is 0.480 e. The van der Waals surface area contributed by atoms with Crippen LogP contribution in [0.25, 0.3) is 0 Å². The van der Waals surface area contributed by atoms with E-state index in [1.54, 1.807) is 26.8 Å². The summed E-state index contributed by atoms with van der Waals surface area (Å²) in [4.78, 5) is 34.8. The number of nitrogens with one attached hydrogen (secondary N) is 2. The van der Waals surface area contributed by atoms with E-state index in [-0.39, 0.29) is 6.54 Å². The van der Waals surface area contributed by atoms with Gasteiger partial charge in [-0.05, 0) is 32.9 Å². The first-order valence-electron chi connectivity index (χ1n) is 6.34. The number of amides is 2. The van der Waals surface area contributed by atoms with Gasteiger partial charge < -0.3 is 20.5 Å². The zero-order chi connectivity index (χ0) is 16.9. The number of thiophene rings is 1. The van der Waals surface area contributed by atoms with Crippen LogP contribution in [0.5, 0.6) is 0 Å². The molecule has 0 radical (unpaired) electrons. The van der Waals surface area contributed by atoms with Gasteiger partial charge in [0.15, 0.2) is 0 Å². The predicted octanol–water partition coefficient (Wildman–Crippen LogP) is 2.11. The molecule has 0 aliphatic carbocycles. The summed E-state index contributed by atoms with van der Waals surface area (Å²) >= 11 is 6.79. The Kier molecular flexibility index (Phi) is 6.19. The van der Waals surface area contributed by atoms with Gasteiger partial charge in [-0.1, -0.05) is 11.6 Å². The molecule has 1 heterocycles. The van der Waals surface area contributed by atoms with E-state index < -0.39 is 29.6 Å². The van der Waals surface area contributed by atoms with E-state index in [2.05, 4.69) is 10.6 Å². The molecule has 1 atom stereocenters. The molecule has 0 unspecified atom stereocenters. The number of aliphatic carboxylic acids is 1. The molecule has 0 saturated carbocycles. The highest BCUT2D eigenvalue weighted by Crippen LogP contribution is 2.21. The highest BCUT2D eigenvalue weighted by atomic mass is 35.5. The lowest BCUT2D eigenvalue weighted by Gasteiger charge is -2.22. The maximum Gasteiger partial charge on any atom is 0.408 e. The minimum atomic E-state index is -1.30. The maximum absolute atomic E-state index is 11.8. The lowest BCUT2D eigenvalue weighted by Crippen LogP contribution is -2.49. The van der Waals surface area contributed by atoms with Gasteiger partial charge in [-0.15, -0.1) is 11.3 Å². The van der Waals surface area contributed by atoms with Crippen molar-refractivity contribution in [3.63, 3.8) is 0 Å². The molecule has 1 aromatic heterocycles. The lowest BCUT2D eigenvalue weighted by atomic mass is 10.2. The monoisotopic (exact) mass is 348 g/mol. The Bertz CT molecular complexity index is 567. The number of carboxylic acids is 1. The fraction of sp³-hybridized carbons (Fsp3) is 0.462. The van der Waals surface area contributed by atoms with E-state index in [4.69, 9.17) is 21.4 Å². The second kappa shape index (κ2) is 7.46. The smallest absolute Gasteiger partial charge is 0.408 e. The molecule has 7 nitrogen and oxygen atoms in total. The second-order valence-corrected chi connectivity index (χ2v) is 7.07. The third kappa shape index (κ3) is 6.31. The fourth-order valence-corrected chi connectivity index (χ4v) is 2.33. The van der Waals surface area contributed by atoms with Crippen molar-refractivity contribution in [2.24, 2.45) is 0 Å². The van der Waals surface area contributed by atoms with Crippen LogP contribution in [-0.2, 0) is 9.53 Å². The summed E-state index contributed by atoms with van der Waals surface area (Å²) in [6, 6.07) is 1.79. The lowest BCUT2D eigenvalue weighted by molar-refractivity contribution is -0.139. The van der Waals surface area contributed by atoms with Gasteiger partial charge in [0.25, 0.3) is 5.91 Å². The summed E-state index contributed by atoms with van der Waals surface area (Å²) in [5.74, 6) is -1.75. The summed E-state index contributed by atoms with van der Waals surface area (Å²) in [5, 5.41) is 13.7. The summed E-state index contributed by atoms with van der Waals surface area (Å²) in [5.41, 5.74) is -0.746. The first-order valence-corrected chi connectivity index (χ1v) is 7.54. The molecule has 0 aliphatic rings. The Balaban J connectivity index is 2.56. The predicted molar refractivity (Wildman–Crippen MR) is 82.5 cm³/mol. The van der Waals surface area contributed by atoms with Crippen LogP contribution in [0.2, 0.25) is 4.34 Å². The number of carboxylic acid groups (broad SMARTS) is 1. The molecular formula is C13H17ClN2O5S. The average Bonchev–Trinajstić information content (AvgIpc) is 2.78. The summed E-state index contributed by atoms with van der Waals surface area (Å²) in [6.07, 6.45) is -0.867. The van der Waals surface area contributed by atoms with E-state index in [0.29, 0.717) is 9.21 Å². The van der Waals surface area contributed by atoms with Gasteiger partial charge in [0.05, 0.1) is 9.21 Å². The molecule has 0 aromatic carbocycles. The van der Waals surface area contributed by atoms with E-state index >= 15 is 0 Å². The molecule has 0 saturated heterocycles. The molecule has 0 aliphatic heterocycles. The van der Waals surface area contributed by atoms with Crippen LogP contribution < -0.4 is 10.6 Å². The number of carbonyl (C=O) groups excluding carboxylic acids is 2. The van der Waals surface area contributed by atoms with Crippen molar-refractivity contribution in [1.82, 2.24) is 10.6 Å². The Morgan fingerprint density at radius 3 is 2.45 bits per heavy atom. The SMILES string of the molecule is CC(C)(C)OC(=O)N[C@@H](CNC(=O)c1ccc(Cl)s1)C(=O)O. The number of hydrogen-bond donors (Lipinski definition) is 3. The quantitative estimate of drug-likeness (QED) is 0.755. The van der Waals surface area contributed by atoms with Crippen molar-refractivity contribution in [2.75, 3.05) is 6.54 Å². The minimum absolute atomic E-state index is 0.275. The van der Waals surface area contributed by atoms with Crippen LogP contribution in [0.1, 0.15) is 30.4 Å². The molecule has 0 fully saturated rings. The maximum atomic E-state index is 11.8. The van der Waals surface area contributed by atoms with Gasteiger partial charge in [0, 0.05) is 6.54 Å². The number of alkyl carbamates (subject to hydrolysis) is 1. The van der Waals surface area contributed by atoms with Gasteiger partial charge >= 0.3 is 12.1 Å². The summed E-state index contributed by atoms with van der Waals surface area (Å²) in [6.45, 7) is 4.70. The molecule has 0 bridgehead atoms. The topological polar surface area (TPSA) is 105 Å². The normalized spacial score (nSPS) is 12.4. The van der Waals surface area contributed by atoms with Crippen LogP contribution in [0.15, 0.2) is 12.1 Å². The zero-order valence-electron chi connectivity index (χ0n) is 12.3. The van der Waals surface area contributed by atoms with E-state index in [1.807, 2.05) is 0 Å². The van der Waals surface area contributed by atoms with Crippen molar-refractivity contribution >= 4 is 40.9 Å². The standard InChI is InChI=1S/C13H17ClN2O5S/c1-13(2,3)21-12(20)16-7(11(18)19)6-15-10(17)8-4-5-9(14)22-8/h4-5,7H,6H2,1-3H3,(H,15,17)(H,16,20)(H,18,19)/t7-/m0/s1. The highest BCUT2D eigenvalue weighted by Gasteiger charge is 2.24. The van der Waals surface area contributed by atoms with Crippen molar-refractivity contribution < 1.29 is 24.2 Å². The van der Waals surface area contributed by atoms with E-state index in [9.17, 15) is 14.4 Å². The van der Waals surface area contributed by atoms with E-state index in [0.717, 1.165) is 11.3 Å². The van der Waals surface area contributed by atoms with Gasteiger partial charge in [0.2, 0.25) is 0 Å². The summed E-state index contributed by atoms with van der Waals surface area (Å²) in [7, 11) is 0. The Hall–Kier alpha value is -1.80. The molecule has 1 aromatic rings. The fourth-order valence-electron chi connectivity index (χ4n) is 1.37. The zero-order valence-corrected chi connectivity index (χ0v) is 13.9. The third-order valence-electron chi connectivity index (χ3n) is 2.25. The number of halogens is 1. The summed E-state index contributed by atoms with van der Waals surface area (Å²) < 4.78 is 5.42. The molecule has 9 heteroatoms. The molecular weight excluding hydrogens is 332 g/mol. The average molecular weight is 349 g/mol. The molecule has 22 heavy (non-hydrogen) atoms. The van der Waals surface area contributed by atoms with Crippen molar-refractivity contribution in [3.05, 3.63) is 21.3 Å². The molecule has 0 spiro atoms. The number of ether oxygens (including phenoxy) is 1. The Labute approximate surface area is 136 Å². The van der Waals surface area contributed by atoms with Crippen molar-refractivity contribution in [3.8, 4) is 0 Å². The number of hydrogen-bond acceptors (Lipinski definition) is 5. The highest BCUT2D eigenvalue weighted by molar-refractivity contribution is 7.17. The molecule has 122 valence electrons. The number of carbonyl (C=O) groups is 3.